The summed E-state index contributed by atoms with van der Waals surface area (Å²) in [4.78, 5) is 40.0. The van der Waals surface area contributed by atoms with Gasteiger partial charge in [-0.2, -0.15) is 0 Å². The fourth-order valence-electron chi connectivity index (χ4n) is 6.27. The van der Waals surface area contributed by atoms with Crippen LogP contribution in [0.4, 0.5) is 5.69 Å². The van der Waals surface area contributed by atoms with Gasteiger partial charge >= 0.3 is 0 Å². The fraction of sp³-hybridized carbons (Fsp3) is 0.424. The van der Waals surface area contributed by atoms with E-state index in [-0.39, 0.29) is 39.8 Å². The molecule has 0 aromatic heterocycles. The number of halogens is 2. The third-order valence-corrected chi connectivity index (χ3v) is 8.49. The zero-order valence-corrected chi connectivity index (χ0v) is 26.1. The van der Waals surface area contributed by atoms with E-state index < -0.39 is 11.8 Å². The maximum absolute atomic E-state index is 13.7. The number of allylic oxidation sites excluding steroid dienone is 4. The van der Waals surface area contributed by atoms with Gasteiger partial charge in [0.15, 0.2) is 29.7 Å². The average molecular weight is 612 g/mol. The van der Waals surface area contributed by atoms with Gasteiger partial charge in [0.25, 0.3) is 5.91 Å². The van der Waals surface area contributed by atoms with E-state index in [2.05, 4.69) is 38.3 Å². The van der Waals surface area contributed by atoms with Crippen molar-refractivity contribution >= 4 is 46.4 Å². The van der Waals surface area contributed by atoms with Crippen molar-refractivity contribution in [2.45, 2.75) is 66.2 Å². The van der Waals surface area contributed by atoms with Gasteiger partial charge in [0.1, 0.15) is 0 Å². The lowest BCUT2D eigenvalue weighted by Gasteiger charge is -2.44. The molecule has 1 heterocycles. The molecule has 1 aliphatic heterocycles. The standard InChI is InChI=1S/C33H36Cl2N2O5/c1-6-41-26-12-18(11-20(35)31(26)42-17-27(40)37-21-10-8-7-9-19(21)34)28-29-22(13-32(2,3)15-24(29)38)36-23-14-33(4,5)16-25(39)30(23)28/h7-12,28,36H,6,13-17H2,1-5H3,(H,37,40). The molecule has 0 atom stereocenters. The topological polar surface area (TPSA) is 93.7 Å². The predicted molar refractivity (Wildman–Crippen MR) is 164 cm³/mol. The average Bonchev–Trinajstić information content (AvgIpc) is 2.87. The molecule has 0 saturated heterocycles. The first kappa shape index (κ1) is 30.2. The molecule has 0 spiro atoms. The minimum atomic E-state index is -0.572. The number of amides is 1. The molecule has 0 bridgehead atoms. The van der Waals surface area contributed by atoms with Crippen LogP contribution >= 0.6 is 23.2 Å². The van der Waals surface area contributed by atoms with E-state index in [1.165, 1.54) is 0 Å². The third kappa shape index (κ3) is 6.09. The lowest BCUT2D eigenvalue weighted by molar-refractivity contribution is -0.119. The van der Waals surface area contributed by atoms with E-state index in [1.54, 1.807) is 36.4 Å². The maximum atomic E-state index is 13.7. The number of rotatable bonds is 7. The molecule has 7 nitrogen and oxygen atoms in total. The summed E-state index contributed by atoms with van der Waals surface area (Å²) in [7, 11) is 0. The third-order valence-electron chi connectivity index (χ3n) is 7.88. The smallest absolute Gasteiger partial charge is 0.262 e. The molecule has 0 fully saturated rings. The van der Waals surface area contributed by atoms with Gasteiger partial charge in [-0.05, 0) is 60.4 Å². The molecular formula is C33H36Cl2N2O5. The van der Waals surface area contributed by atoms with Gasteiger partial charge in [0, 0.05) is 41.3 Å². The molecule has 2 aromatic rings. The fourth-order valence-corrected chi connectivity index (χ4v) is 6.72. The monoisotopic (exact) mass is 610 g/mol. The van der Waals surface area contributed by atoms with Crippen LogP contribution in [-0.4, -0.2) is 30.7 Å². The van der Waals surface area contributed by atoms with Gasteiger partial charge in [-0.15, -0.1) is 0 Å². The van der Waals surface area contributed by atoms with E-state index >= 15 is 0 Å². The Kier molecular flexibility index (Phi) is 8.20. The number of carbonyl (C=O) groups is 3. The Morgan fingerprint density at radius 2 is 1.50 bits per heavy atom. The van der Waals surface area contributed by atoms with Crippen molar-refractivity contribution in [3.8, 4) is 11.5 Å². The highest BCUT2D eigenvalue weighted by atomic mass is 35.5. The van der Waals surface area contributed by atoms with Crippen LogP contribution < -0.4 is 20.1 Å². The van der Waals surface area contributed by atoms with Gasteiger partial charge in [-0.1, -0.05) is 63.0 Å². The minimum Gasteiger partial charge on any atom is -0.490 e. The van der Waals surface area contributed by atoms with Gasteiger partial charge in [0.2, 0.25) is 0 Å². The van der Waals surface area contributed by atoms with E-state index in [0.29, 0.717) is 65.5 Å². The Morgan fingerprint density at radius 3 is 2.07 bits per heavy atom. The molecule has 2 aromatic carbocycles. The second-order valence-electron chi connectivity index (χ2n) is 12.8. The summed E-state index contributed by atoms with van der Waals surface area (Å²) in [5, 5.41) is 6.88. The Bertz CT molecular complexity index is 1490. The largest absolute Gasteiger partial charge is 0.490 e. The Labute approximate surface area is 256 Å². The van der Waals surface area contributed by atoms with Gasteiger partial charge in [-0.3, -0.25) is 14.4 Å². The second-order valence-corrected chi connectivity index (χ2v) is 13.6. The number of hydrogen-bond donors (Lipinski definition) is 2. The lowest BCUT2D eigenvalue weighted by Crippen LogP contribution is -2.42. The first-order valence-corrected chi connectivity index (χ1v) is 15.0. The summed E-state index contributed by atoms with van der Waals surface area (Å²) in [6.45, 7) is 10.2. The van der Waals surface area contributed by atoms with E-state index in [0.717, 1.165) is 11.4 Å². The number of para-hydroxylation sites is 1. The van der Waals surface area contributed by atoms with Gasteiger partial charge in [-0.25, -0.2) is 0 Å². The summed E-state index contributed by atoms with van der Waals surface area (Å²) >= 11 is 13.0. The number of hydrogen-bond acceptors (Lipinski definition) is 6. The van der Waals surface area contributed by atoms with Crippen LogP contribution in [0.1, 0.15) is 71.8 Å². The summed E-state index contributed by atoms with van der Waals surface area (Å²) < 4.78 is 11.8. The normalized spacial score (nSPS) is 19.6. The molecule has 2 N–H and O–H groups in total. The predicted octanol–water partition coefficient (Wildman–Crippen LogP) is 7.38. The molecule has 0 radical (unpaired) electrons. The molecule has 0 saturated carbocycles. The summed E-state index contributed by atoms with van der Waals surface area (Å²) in [5.41, 5.74) is 3.73. The van der Waals surface area contributed by atoms with E-state index in [9.17, 15) is 14.4 Å². The molecule has 3 aliphatic rings. The van der Waals surface area contributed by atoms with Crippen LogP contribution in [-0.2, 0) is 14.4 Å². The molecule has 2 aliphatic carbocycles. The first-order chi connectivity index (χ1) is 19.8. The first-order valence-electron chi connectivity index (χ1n) is 14.2. The van der Waals surface area contributed by atoms with Crippen molar-refractivity contribution in [1.82, 2.24) is 5.32 Å². The lowest BCUT2D eigenvalue weighted by atomic mass is 9.64. The molecule has 222 valence electrons. The maximum Gasteiger partial charge on any atom is 0.262 e. The number of ketones is 2. The number of ether oxygens (including phenoxy) is 2. The van der Waals surface area contributed by atoms with E-state index in [4.69, 9.17) is 32.7 Å². The van der Waals surface area contributed by atoms with Crippen LogP contribution in [0, 0.1) is 10.8 Å². The molecular weight excluding hydrogens is 575 g/mol. The summed E-state index contributed by atoms with van der Waals surface area (Å²) in [5.74, 6) is -0.402. The van der Waals surface area contributed by atoms with Crippen LogP contribution in [0.2, 0.25) is 10.0 Å². The molecule has 0 unspecified atom stereocenters. The quantitative estimate of drug-likeness (QED) is 0.339. The van der Waals surface area contributed by atoms with Crippen LogP contribution in [0.3, 0.4) is 0 Å². The number of Topliss-reactive ketones (excluding diaryl/α,β-unsaturated/α-hetero) is 2. The number of benzene rings is 2. The van der Waals surface area contributed by atoms with Crippen molar-refractivity contribution in [1.29, 1.82) is 0 Å². The highest BCUT2D eigenvalue weighted by Gasteiger charge is 2.46. The van der Waals surface area contributed by atoms with Crippen molar-refractivity contribution in [2.24, 2.45) is 10.8 Å². The second kappa shape index (κ2) is 11.4. The van der Waals surface area contributed by atoms with Crippen molar-refractivity contribution in [2.75, 3.05) is 18.5 Å². The van der Waals surface area contributed by atoms with Crippen molar-refractivity contribution in [3.63, 3.8) is 0 Å². The van der Waals surface area contributed by atoms with Gasteiger partial charge < -0.3 is 20.1 Å². The van der Waals surface area contributed by atoms with Crippen molar-refractivity contribution in [3.05, 3.63) is 74.5 Å². The molecule has 1 amide bonds. The highest BCUT2D eigenvalue weighted by Crippen LogP contribution is 2.52. The van der Waals surface area contributed by atoms with Crippen LogP contribution in [0.5, 0.6) is 11.5 Å². The van der Waals surface area contributed by atoms with Crippen molar-refractivity contribution < 1.29 is 23.9 Å². The summed E-state index contributed by atoms with van der Waals surface area (Å²) in [6.07, 6.45) is 2.17. The molecule has 9 heteroatoms. The SMILES string of the molecule is CCOc1cc(C2C3=C(CC(C)(C)CC3=O)NC3=C2C(=O)CC(C)(C)C3)cc(Cl)c1OCC(=O)Nc1ccccc1Cl. The zero-order valence-electron chi connectivity index (χ0n) is 24.6. The molecule has 5 rings (SSSR count). The van der Waals surface area contributed by atoms with Gasteiger partial charge in [0.05, 0.1) is 22.3 Å². The highest BCUT2D eigenvalue weighted by molar-refractivity contribution is 6.33. The Hall–Kier alpha value is -3.29. The van der Waals surface area contributed by atoms with E-state index in [1.807, 2.05) is 6.92 Å². The zero-order chi connectivity index (χ0) is 30.4. The number of carbonyl (C=O) groups excluding carboxylic acids is 3. The summed E-state index contributed by atoms with van der Waals surface area (Å²) in [6, 6.07) is 10.4. The number of anilines is 1. The van der Waals surface area contributed by atoms with Crippen LogP contribution in [0.15, 0.2) is 58.9 Å². The minimum absolute atomic E-state index is 0.0218. The number of dihydropyridines is 1. The Balaban J connectivity index is 1.53. The molecule has 42 heavy (non-hydrogen) atoms. The Morgan fingerprint density at radius 1 is 0.905 bits per heavy atom. The number of nitrogens with one attached hydrogen (secondary N) is 2. The van der Waals surface area contributed by atoms with Crippen LogP contribution in [0.25, 0.3) is 0 Å².